The van der Waals surface area contributed by atoms with E-state index in [-0.39, 0.29) is 31.0 Å². The molecule has 0 bridgehead atoms. The SMILES string of the molecule is COCC1NC1OC.Cl.Cl. The minimum atomic E-state index is 0. The van der Waals surface area contributed by atoms with Gasteiger partial charge in [-0.3, -0.25) is 5.32 Å². The van der Waals surface area contributed by atoms with Gasteiger partial charge in [0.05, 0.1) is 12.6 Å². The van der Waals surface area contributed by atoms with Crippen LogP contribution in [-0.2, 0) is 9.47 Å². The Morgan fingerprint density at radius 1 is 1.30 bits per heavy atom. The van der Waals surface area contributed by atoms with Crippen LogP contribution in [0.5, 0.6) is 0 Å². The van der Waals surface area contributed by atoms with Crippen molar-refractivity contribution in [2.75, 3.05) is 20.8 Å². The standard InChI is InChI=1S/C5H11NO2.2ClH/c1-7-3-4-5(6-4)8-2;;/h4-6H,3H2,1-2H3;2*1H. The van der Waals surface area contributed by atoms with Gasteiger partial charge in [-0.25, -0.2) is 0 Å². The van der Waals surface area contributed by atoms with Crippen molar-refractivity contribution < 1.29 is 9.47 Å². The monoisotopic (exact) mass is 189 g/mol. The fraction of sp³-hybridized carbons (Fsp3) is 1.00. The molecule has 1 fully saturated rings. The van der Waals surface area contributed by atoms with E-state index < -0.39 is 0 Å². The third-order valence-corrected chi connectivity index (χ3v) is 1.23. The zero-order valence-corrected chi connectivity index (χ0v) is 7.63. The molecule has 0 aromatic heterocycles. The molecule has 1 rings (SSSR count). The summed E-state index contributed by atoms with van der Waals surface area (Å²) in [4.78, 5) is 0. The molecule has 5 heteroatoms. The molecule has 0 saturated carbocycles. The molecule has 1 heterocycles. The first-order chi connectivity index (χ1) is 3.88. The van der Waals surface area contributed by atoms with Gasteiger partial charge in [0.1, 0.15) is 6.23 Å². The number of hydrogen-bond acceptors (Lipinski definition) is 3. The first-order valence-electron chi connectivity index (χ1n) is 2.66. The summed E-state index contributed by atoms with van der Waals surface area (Å²) in [5.41, 5.74) is 0. The average Bonchev–Trinajstić information content (AvgIpc) is 2.48. The largest absolute Gasteiger partial charge is 0.383 e. The molecule has 0 aliphatic carbocycles. The van der Waals surface area contributed by atoms with Crippen molar-refractivity contribution >= 4 is 24.8 Å². The number of rotatable bonds is 3. The molecule has 1 aliphatic rings. The van der Waals surface area contributed by atoms with Crippen LogP contribution in [0.25, 0.3) is 0 Å². The highest BCUT2D eigenvalue weighted by atomic mass is 35.5. The van der Waals surface area contributed by atoms with Gasteiger partial charge in [-0.05, 0) is 0 Å². The van der Waals surface area contributed by atoms with Crippen LogP contribution < -0.4 is 5.32 Å². The van der Waals surface area contributed by atoms with E-state index in [9.17, 15) is 0 Å². The van der Waals surface area contributed by atoms with Gasteiger partial charge in [-0.2, -0.15) is 0 Å². The highest BCUT2D eigenvalue weighted by Gasteiger charge is 2.35. The molecule has 0 amide bonds. The highest BCUT2D eigenvalue weighted by Crippen LogP contribution is 2.09. The van der Waals surface area contributed by atoms with Gasteiger partial charge in [0, 0.05) is 14.2 Å². The Morgan fingerprint density at radius 3 is 2.20 bits per heavy atom. The van der Waals surface area contributed by atoms with Crippen LogP contribution in [-0.4, -0.2) is 33.1 Å². The van der Waals surface area contributed by atoms with E-state index in [1.807, 2.05) is 0 Å². The Hall–Kier alpha value is 0.460. The van der Waals surface area contributed by atoms with E-state index in [1.54, 1.807) is 14.2 Å². The lowest BCUT2D eigenvalue weighted by atomic mass is 10.5. The molecule has 0 aromatic rings. The third kappa shape index (κ3) is 3.58. The molecule has 0 spiro atoms. The van der Waals surface area contributed by atoms with E-state index >= 15 is 0 Å². The van der Waals surface area contributed by atoms with Crippen LogP contribution in [0.1, 0.15) is 0 Å². The maximum Gasteiger partial charge on any atom is 0.125 e. The molecule has 0 radical (unpaired) electrons. The summed E-state index contributed by atoms with van der Waals surface area (Å²) in [7, 11) is 3.38. The lowest BCUT2D eigenvalue weighted by molar-refractivity contribution is 0.145. The molecular weight excluding hydrogens is 177 g/mol. The topological polar surface area (TPSA) is 40.4 Å². The minimum absolute atomic E-state index is 0. The lowest BCUT2D eigenvalue weighted by Gasteiger charge is -1.90. The Labute approximate surface area is 73.3 Å². The van der Waals surface area contributed by atoms with Crippen molar-refractivity contribution in [3.8, 4) is 0 Å². The predicted molar refractivity (Wildman–Crippen MR) is 44.1 cm³/mol. The van der Waals surface area contributed by atoms with Crippen LogP contribution in [0, 0.1) is 0 Å². The van der Waals surface area contributed by atoms with Crippen molar-refractivity contribution in [1.82, 2.24) is 5.32 Å². The van der Waals surface area contributed by atoms with Crippen molar-refractivity contribution in [1.29, 1.82) is 0 Å². The number of ether oxygens (including phenoxy) is 2. The quantitative estimate of drug-likeness (QED) is 0.655. The van der Waals surface area contributed by atoms with Crippen LogP contribution in [0.2, 0.25) is 0 Å². The van der Waals surface area contributed by atoms with Gasteiger partial charge in [0.15, 0.2) is 0 Å². The molecule has 2 atom stereocenters. The smallest absolute Gasteiger partial charge is 0.125 e. The first kappa shape index (κ1) is 13.1. The van der Waals surface area contributed by atoms with Crippen molar-refractivity contribution in [2.45, 2.75) is 12.3 Å². The number of hydrogen-bond donors (Lipinski definition) is 1. The van der Waals surface area contributed by atoms with Crippen LogP contribution >= 0.6 is 24.8 Å². The van der Waals surface area contributed by atoms with Gasteiger partial charge in [0.2, 0.25) is 0 Å². The van der Waals surface area contributed by atoms with Crippen LogP contribution in [0.3, 0.4) is 0 Å². The zero-order chi connectivity index (χ0) is 5.98. The lowest BCUT2D eigenvalue weighted by Crippen LogP contribution is -2.03. The summed E-state index contributed by atoms with van der Waals surface area (Å²) in [6.07, 6.45) is 0.245. The van der Waals surface area contributed by atoms with Crippen molar-refractivity contribution in [3.63, 3.8) is 0 Å². The second-order valence-electron chi connectivity index (χ2n) is 1.88. The molecule has 0 aromatic carbocycles. The van der Waals surface area contributed by atoms with Gasteiger partial charge >= 0.3 is 0 Å². The molecular formula is C5H13Cl2NO2. The Morgan fingerprint density at radius 2 is 1.90 bits per heavy atom. The first-order valence-corrected chi connectivity index (χ1v) is 2.66. The van der Waals surface area contributed by atoms with E-state index in [0.29, 0.717) is 6.04 Å². The molecule has 1 aliphatic heterocycles. The van der Waals surface area contributed by atoms with Gasteiger partial charge < -0.3 is 9.47 Å². The van der Waals surface area contributed by atoms with Gasteiger partial charge in [-0.15, -0.1) is 24.8 Å². The van der Waals surface area contributed by atoms with E-state index in [4.69, 9.17) is 9.47 Å². The van der Waals surface area contributed by atoms with Gasteiger partial charge in [-0.1, -0.05) is 0 Å². The summed E-state index contributed by atoms with van der Waals surface area (Å²) in [5.74, 6) is 0. The zero-order valence-electron chi connectivity index (χ0n) is 5.99. The van der Waals surface area contributed by atoms with Crippen molar-refractivity contribution in [3.05, 3.63) is 0 Å². The Bertz CT molecular complexity index is 84.0. The number of halogens is 2. The fourth-order valence-corrected chi connectivity index (χ4v) is 0.703. The summed E-state index contributed by atoms with van der Waals surface area (Å²) in [5, 5.41) is 3.07. The fourth-order valence-electron chi connectivity index (χ4n) is 0.703. The Kier molecular flexibility index (Phi) is 8.09. The molecule has 1 N–H and O–H groups in total. The van der Waals surface area contributed by atoms with Crippen LogP contribution in [0.4, 0.5) is 0 Å². The number of methoxy groups -OCH3 is 2. The molecule has 1 saturated heterocycles. The maximum atomic E-state index is 4.94. The summed E-state index contributed by atoms with van der Waals surface area (Å²) < 4.78 is 9.79. The minimum Gasteiger partial charge on any atom is -0.383 e. The van der Waals surface area contributed by atoms with E-state index in [0.717, 1.165) is 6.61 Å². The Balaban J connectivity index is 0. The summed E-state index contributed by atoms with van der Waals surface area (Å²) in [6, 6.07) is 0.435. The third-order valence-electron chi connectivity index (χ3n) is 1.23. The van der Waals surface area contributed by atoms with Crippen molar-refractivity contribution in [2.24, 2.45) is 0 Å². The summed E-state index contributed by atoms with van der Waals surface area (Å²) in [6.45, 7) is 0.749. The van der Waals surface area contributed by atoms with Gasteiger partial charge in [0.25, 0.3) is 0 Å². The average molecular weight is 190 g/mol. The molecule has 64 valence electrons. The maximum absolute atomic E-state index is 4.94. The molecule has 3 nitrogen and oxygen atoms in total. The second kappa shape index (κ2) is 6.19. The summed E-state index contributed by atoms with van der Waals surface area (Å²) >= 11 is 0. The predicted octanol–water partition coefficient (Wildman–Crippen LogP) is 0.421. The molecule has 10 heavy (non-hydrogen) atoms. The number of nitrogens with one attached hydrogen (secondary N) is 1. The van der Waals surface area contributed by atoms with E-state index in [2.05, 4.69) is 5.32 Å². The second-order valence-corrected chi connectivity index (χ2v) is 1.88. The highest BCUT2D eigenvalue weighted by molar-refractivity contribution is 5.85. The van der Waals surface area contributed by atoms with E-state index in [1.165, 1.54) is 0 Å². The van der Waals surface area contributed by atoms with Crippen LogP contribution in [0.15, 0.2) is 0 Å². The molecule has 2 unspecified atom stereocenters. The normalized spacial score (nSPS) is 28.2.